The summed E-state index contributed by atoms with van der Waals surface area (Å²) in [6, 6.07) is 13.6. The lowest BCUT2D eigenvalue weighted by atomic mass is 10.0. The number of aryl methyl sites for hydroxylation is 2. The number of benzene rings is 2. The minimum Gasteiger partial charge on any atom is -0.354 e. The van der Waals surface area contributed by atoms with Gasteiger partial charge in [-0.1, -0.05) is 12.1 Å². The van der Waals surface area contributed by atoms with Crippen LogP contribution in [0.1, 0.15) is 11.1 Å². The lowest BCUT2D eigenvalue weighted by Crippen LogP contribution is -2.74. The number of likely N-dealkylation sites (N-methyl/N-ethyl adjacent to an activating group) is 2. The summed E-state index contributed by atoms with van der Waals surface area (Å²) < 4.78 is 0. The second kappa shape index (κ2) is 4.60. The lowest BCUT2D eigenvalue weighted by Gasteiger charge is -2.56. The molecule has 4 aliphatic heterocycles. The molecule has 2 aromatic carbocycles. The summed E-state index contributed by atoms with van der Waals surface area (Å²) in [7, 11) is 4.36. The van der Waals surface area contributed by atoms with Gasteiger partial charge in [0.15, 0.2) is 6.17 Å². The number of hydrogen-bond acceptors (Lipinski definition) is 5. The minimum atomic E-state index is -0.351. The van der Waals surface area contributed by atoms with Crippen molar-refractivity contribution in [3.8, 4) is 0 Å². The van der Waals surface area contributed by atoms with Crippen molar-refractivity contribution in [2.45, 2.75) is 25.8 Å². The quantitative estimate of drug-likeness (QED) is 0.709. The van der Waals surface area contributed by atoms with Gasteiger partial charge in [-0.3, -0.25) is 4.90 Å². The molecule has 2 aromatic rings. The van der Waals surface area contributed by atoms with Crippen LogP contribution in [0, 0.1) is 13.8 Å². The molecular weight excluding hydrogens is 334 g/mol. The zero-order valence-corrected chi connectivity index (χ0v) is 16.1. The first-order valence-corrected chi connectivity index (χ1v) is 9.44. The van der Waals surface area contributed by atoms with E-state index in [1.54, 1.807) is 0 Å². The second-order valence-corrected chi connectivity index (χ2v) is 8.03. The van der Waals surface area contributed by atoms with E-state index in [1.165, 1.54) is 33.9 Å². The van der Waals surface area contributed by atoms with Gasteiger partial charge in [-0.25, -0.2) is 0 Å². The van der Waals surface area contributed by atoms with Crippen LogP contribution in [0.2, 0.25) is 0 Å². The van der Waals surface area contributed by atoms with Crippen molar-refractivity contribution in [3.63, 3.8) is 0 Å². The molecule has 1 spiro atoms. The van der Waals surface area contributed by atoms with E-state index in [-0.39, 0.29) is 12.0 Å². The Hall–Kier alpha value is -3.08. The summed E-state index contributed by atoms with van der Waals surface area (Å²) in [6.45, 7) is 4.33. The van der Waals surface area contributed by atoms with Crippen LogP contribution in [0.15, 0.2) is 61.2 Å². The fourth-order valence-electron chi connectivity index (χ4n) is 5.24. The molecule has 0 N–H and O–H groups in total. The Bertz CT molecular complexity index is 1040. The van der Waals surface area contributed by atoms with Crippen molar-refractivity contribution in [1.29, 1.82) is 0 Å². The van der Waals surface area contributed by atoms with Gasteiger partial charge in [0.05, 0.1) is 22.7 Å². The molecule has 0 aromatic heterocycles. The Labute approximate surface area is 160 Å². The Balaban J connectivity index is 1.72. The van der Waals surface area contributed by atoms with Crippen LogP contribution in [0.25, 0.3) is 0 Å². The maximum absolute atomic E-state index is 2.53. The molecular formula is C22H23N5. The molecule has 136 valence electrons. The van der Waals surface area contributed by atoms with Crippen molar-refractivity contribution in [2.75, 3.05) is 28.8 Å². The van der Waals surface area contributed by atoms with Gasteiger partial charge in [-0.05, 0) is 49.2 Å². The van der Waals surface area contributed by atoms with Crippen molar-refractivity contribution < 1.29 is 0 Å². The molecule has 0 saturated carbocycles. The van der Waals surface area contributed by atoms with E-state index in [4.69, 9.17) is 0 Å². The van der Waals surface area contributed by atoms with Crippen LogP contribution in [-0.2, 0) is 0 Å². The third kappa shape index (κ3) is 1.53. The van der Waals surface area contributed by atoms with Gasteiger partial charge in [-0.15, -0.1) is 0 Å². The Kier molecular flexibility index (Phi) is 2.56. The summed E-state index contributed by atoms with van der Waals surface area (Å²) in [5.74, 6) is -0.351. The van der Waals surface area contributed by atoms with E-state index in [2.05, 4.69) is 114 Å². The first-order valence-electron chi connectivity index (χ1n) is 9.44. The highest BCUT2D eigenvalue weighted by molar-refractivity contribution is 5.94. The van der Waals surface area contributed by atoms with E-state index in [1.807, 2.05) is 0 Å². The topological polar surface area (TPSA) is 16.2 Å². The molecule has 0 aliphatic carbocycles. The van der Waals surface area contributed by atoms with Crippen LogP contribution >= 0.6 is 0 Å². The van der Waals surface area contributed by atoms with Gasteiger partial charge in [-0.2, -0.15) is 0 Å². The zero-order valence-electron chi connectivity index (χ0n) is 16.1. The second-order valence-electron chi connectivity index (χ2n) is 8.03. The van der Waals surface area contributed by atoms with Crippen LogP contribution in [0.5, 0.6) is 0 Å². The lowest BCUT2D eigenvalue weighted by molar-refractivity contribution is 0.107. The van der Waals surface area contributed by atoms with E-state index in [0.29, 0.717) is 0 Å². The van der Waals surface area contributed by atoms with Gasteiger partial charge >= 0.3 is 0 Å². The smallest absolute Gasteiger partial charge is 0.241 e. The molecule has 6 rings (SSSR count). The molecule has 0 saturated heterocycles. The highest BCUT2D eigenvalue weighted by Crippen LogP contribution is 2.60. The fraction of sp³-hybridized carbons (Fsp3) is 0.273. The highest BCUT2D eigenvalue weighted by Gasteiger charge is 2.65. The van der Waals surface area contributed by atoms with Gasteiger partial charge in [0.2, 0.25) is 5.79 Å². The first kappa shape index (κ1) is 15.0. The summed E-state index contributed by atoms with van der Waals surface area (Å²) in [5, 5.41) is 0. The predicted molar refractivity (Wildman–Crippen MR) is 110 cm³/mol. The van der Waals surface area contributed by atoms with E-state index in [0.717, 1.165) is 0 Å². The van der Waals surface area contributed by atoms with E-state index < -0.39 is 0 Å². The number of hydrogen-bond donors (Lipinski definition) is 0. The third-order valence-corrected chi connectivity index (χ3v) is 6.38. The molecule has 2 atom stereocenters. The van der Waals surface area contributed by atoms with Crippen molar-refractivity contribution >= 4 is 22.7 Å². The van der Waals surface area contributed by atoms with Gasteiger partial charge < -0.3 is 19.6 Å². The molecule has 0 unspecified atom stereocenters. The van der Waals surface area contributed by atoms with Crippen molar-refractivity contribution in [2.24, 2.45) is 0 Å². The standard InChI is InChI=1S/C22H23N5/c1-15-5-7-17-19(13-15)25-11-9-23(3)21(25)22-24(4)10-12-26(22)20-14-16(2)6-8-18(20)27(17)22/h5-14,21H,1-4H3/t21-,22+/m0/s1. The van der Waals surface area contributed by atoms with Crippen molar-refractivity contribution in [3.05, 3.63) is 72.3 Å². The number of fused-ring (bicyclic) bond motifs is 7. The number of nitrogens with zero attached hydrogens (tertiary/aromatic N) is 5. The van der Waals surface area contributed by atoms with Crippen LogP contribution < -0.4 is 14.7 Å². The van der Waals surface area contributed by atoms with Crippen LogP contribution in [-0.4, -0.2) is 35.8 Å². The maximum atomic E-state index is 2.53. The predicted octanol–water partition coefficient (Wildman–Crippen LogP) is 3.89. The van der Waals surface area contributed by atoms with Crippen LogP contribution in [0.3, 0.4) is 0 Å². The van der Waals surface area contributed by atoms with Gasteiger partial charge in [0.1, 0.15) is 0 Å². The number of rotatable bonds is 0. The fourth-order valence-corrected chi connectivity index (χ4v) is 5.24. The average molecular weight is 357 g/mol. The third-order valence-electron chi connectivity index (χ3n) is 6.38. The molecule has 4 heterocycles. The minimum absolute atomic E-state index is 0.138. The SMILES string of the molecule is Cc1ccc2c(c1)N1C=CN(C)[C@@H]1[C@@]13N(C)C=CN1c1cc(C)ccc1N23. The average Bonchev–Trinajstić information content (AvgIpc) is 3.26. The van der Waals surface area contributed by atoms with E-state index >= 15 is 0 Å². The summed E-state index contributed by atoms with van der Waals surface area (Å²) >= 11 is 0. The molecule has 0 bridgehead atoms. The molecule has 5 nitrogen and oxygen atoms in total. The molecule has 0 amide bonds. The normalized spacial score (nSPS) is 26.4. The van der Waals surface area contributed by atoms with Gasteiger partial charge in [0, 0.05) is 38.9 Å². The molecule has 0 fully saturated rings. The highest BCUT2D eigenvalue weighted by atomic mass is 15.7. The maximum Gasteiger partial charge on any atom is 0.241 e. The van der Waals surface area contributed by atoms with Crippen LogP contribution in [0.4, 0.5) is 22.7 Å². The molecule has 27 heavy (non-hydrogen) atoms. The van der Waals surface area contributed by atoms with E-state index in [9.17, 15) is 0 Å². The zero-order chi connectivity index (χ0) is 18.5. The molecule has 0 radical (unpaired) electrons. The summed E-state index contributed by atoms with van der Waals surface area (Å²) in [5.41, 5.74) is 7.61. The van der Waals surface area contributed by atoms with Crippen molar-refractivity contribution in [1.82, 2.24) is 9.80 Å². The summed E-state index contributed by atoms with van der Waals surface area (Å²) in [4.78, 5) is 12.1. The molecule has 4 aliphatic rings. The Morgan fingerprint density at radius 1 is 0.741 bits per heavy atom. The molecule has 5 heteroatoms. The number of anilines is 4. The Morgan fingerprint density at radius 3 is 2.15 bits per heavy atom. The monoisotopic (exact) mass is 357 g/mol. The largest absolute Gasteiger partial charge is 0.354 e. The first-order chi connectivity index (χ1) is 13.0. The Morgan fingerprint density at radius 2 is 1.41 bits per heavy atom. The summed E-state index contributed by atoms with van der Waals surface area (Å²) in [6.07, 6.45) is 8.96. The van der Waals surface area contributed by atoms with Gasteiger partial charge in [0.25, 0.3) is 0 Å².